The molecular weight excluding hydrogens is 340 g/mol. The summed E-state index contributed by atoms with van der Waals surface area (Å²) >= 11 is 6.34. The first kappa shape index (κ1) is 17.7. The van der Waals surface area contributed by atoms with Crippen LogP contribution in [0.1, 0.15) is 27.2 Å². The van der Waals surface area contributed by atoms with Crippen LogP contribution < -0.4 is 4.90 Å². The van der Waals surface area contributed by atoms with E-state index >= 15 is 0 Å². The Morgan fingerprint density at radius 3 is 2.56 bits per heavy atom. The lowest BCUT2D eigenvalue weighted by atomic mass is 10.2. The van der Waals surface area contributed by atoms with E-state index in [2.05, 4.69) is 14.9 Å². The van der Waals surface area contributed by atoms with E-state index in [0.29, 0.717) is 17.5 Å². The molecule has 1 atom stereocenters. The number of hydrogen-bond acceptors (Lipinski definition) is 5. The van der Waals surface area contributed by atoms with E-state index < -0.39 is 5.60 Å². The van der Waals surface area contributed by atoms with Gasteiger partial charge in [0.15, 0.2) is 11.0 Å². The van der Waals surface area contributed by atoms with Gasteiger partial charge in [-0.2, -0.15) is 0 Å². The average Bonchev–Trinajstić information content (AvgIpc) is 3.01. The molecule has 7 heteroatoms. The summed E-state index contributed by atoms with van der Waals surface area (Å²) in [6, 6.07) is 7.70. The molecule has 0 spiro atoms. The van der Waals surface area contributed by atoms with E-state index in [1.807, 2.05) is 45.0 Å². The van der Waals surface area contributed by atoms with Gasteiger partial charge < -0.3 is 14.5 Å². The Morgan fingerprint density at radius 2 is 1.92 bits per heavy atom. The Hall–Kier alpha value is -2.08. The highest BCUT2D eigenvalue weighted by atomic mass is 35.5. The maximum absolute atomic E-state index is 12.3. The smallest absolute Gasteiger partial charge is 0.410 e. The van der Waals surface area contributed by atoms with E-state index in [1.54, 1.807) is 11.9 Å². The largest absolute Gasteiger partial charge is 0.444 e. The van der Waals surface area contributed by atoms with Gasteiger partial charge in [0, 0.05) is 20.1 Å². The molecule has 1 saturated heterocycles. The van der Waals surface area contributed by atoms with Gasteiger partial charge in [-0.15, -0.1) is 0 Å². The van der Waals surface area contributed by atoms with Crippen LogP contribution in [0.5, 0.6) is 0 Å². The summed E-state index contributed by atoms with van der Waals surface area (Å²) in [6.45, 7) is 7.02. The molecule has 1 aliphatic heterocycles. The molecule has 3 rings (SSSR count). The van der Waals surface area contributed by atoms with Crippen molar-refractivity contribution in [1.29, 1.82) is 0 Å². The molecule has 6 nitrogen and oxygen atoms in total. The predicted molar refractivity (Wildman–Crippen MR) is 99.2 cm³/mol. The molecule has 0 saturated carbocycles. The summed E-state index contributed by atoms with van der Waals surface area (Å²) in [7, 11) is 1.77. The molecule has 1 unspecified atom stereocenters. The summed E-state index contributed by atoms with van der Waals surface area (Å²) in [5, 5.41) is 0.388. The van der Waals surface area contributed by atoms with Gasteiger partial charge in [0.05, 0.1) is 17.1 Å². The lowest BCUT2D eigenvalue weighted by Gasteiger charge is -2.28. The number of aromatic nitrogens is 2. The number of carbonyl (C=O) groups is 1. The van der Waals surface area contributed by atoms with Crippen molar-refractivity contribution in [3.8, 4) is 0 Å². The third-order valence-corrected chi connectivity index (χ3v) is 4.46. The highest BCUT2D eigenvalue weighted by molar-refractivity contribution is 6.32. The van der Waals surface area contributed by atoms with E-state index in [9.17, 15) is 4.79 Å². The van der Waals surface area contributed by atoms with E-state index in [-0.39, 0.29) is 12.1 Å². The number of ether oxygens (including phenoxy) is 1. The molecule has 25 heavy (non-hydrogen) atoms. The molecular formula is C18H23ClN4O2. The average molecular weight is 363 g/mol. The highest BCUT2D eigenvalue weighted by Gasteiger charge is 2.32. The van der Waals surface area contributed by atoms with Gasteiger partial charge in [0.2, 0.25) is 0 Å². The number of halogens is 1. The monoisotopic (exact) mass is 362 g/mol. The van der Waals surface area contributed by atoms with Gasteiger partial charge in [0.1, 0.15) is 5.60 Å². The molecule has 0 bridgehead atoms. The van der Waals surface area contributed by atoms with Crippen LogP contribution in [0.2, 0.25) is 5.15 Å². The molecule has 0 aliphatic carbocycles. The minimum Gasteiger partial charge on any atom is -0.444 e. The number of amides is 1. The van der Waals surface area contributed by atoms with Crippen LogP contribution >= 0.6 is 11.6 Å². The normalized spacial score (nSPS) is 17.8. The van der Waals surface area contributed by atoms with Crippen molar-refractivity contribution in [3.05, 3.63) is 29.4 Å². The first-order valence-electron chi connectivity index (χ1n) is 8.37. The van der Waals surface area contributed by atoms with Crippen molar-refractivity contribution in [2.75, 3.05) is 25.0 Å². The molecule has 2 heterocycles. The van der Waals surface area contributed by atoms with Crippen molar-refractivity contribution >= 4 is 34.5 Å². The maximum Gasteiger partial charge on any atom is 0.410 e. The topological polar surface area (TPSA) is 58.6 Å². The predicted octanol–water partition coefficient (Wildman–Crippen LogP) is 3.73. The first-order valence-corrected chi connectivity index (χ1v) is 8.75. The molecule has 1 aromatic heterocycles. The Labute approximate surface area is 152 Å². The van der Waals surface area contributed by atoms with E-state index in [4.69, 9.17) is 16.3 Å². The third kappa shape index (κ3) is 3.95. The fraction of sp³-hybridized carbons (Fsp3) is 0.500. The Kier molecular flexibility index (Phi) is 4.73. The Morgan fingerprint density at radius 1 is 1.28 bits per heavy atom. The van der Waals surface area contributed by atoms with Gasteiger partial charge in [-0.05, 0) is 39.3 Å². The third-order valence-electron chi connectivity index (χ3n) is 4.20. The zero-order chi connectivity index (χ0) is 18.2. The number of hydrogen-bond donors (Lipinski definition) is 0. The first-order chi connectivity index (χ1) is 11.7. The van der Waals surface area contributed by atoms with Crippen molar-refractivity contribution in [2.45, 2.75) is 38.8 Å². The summed E-state index contributed by atoms with van der Waals surface area (Å²) < 4.78 is 5.45. The summed E-state index contributed by atoms with van der Waals surface area (Å²) in [6.07, 6.45) is 0.524. The molecule has 1 amide bonds. The molecule has 1 aliphatic rings. The molecule has 2 aromatic rings. The standard InChI is InChI=1S/C18H23ClN4O2/c1-18(2,3)25-17(24)22(4)12-9-10-23(11-12)16-15(19)20-13-7-5-6-8-14(13)21-16/h5-8,12H,9-11H2,1-4H3. The summed E-state index contributed by atoms with van der Waals surface area (Å²) in [4.78, 5) is 25.1. The number of anilines is 1. The Balaban J connectivity index is 1.74. The zero-order valence-electron chi connectivity index (χ0n) is 15.0. The van der Waals surface area contributed by atoms with Crippen LogP contribution in [0.25, 0.3) is 11.0 Å². The second-order valence-electron chi connectivity index (χ2n) is 7.31. The number of benzene rings is 1. The van der Waals surface area contributed by atoms with E-state index in [0.717, 1.165) is 24.0 Å². The van der Waals surface area contributed by atoms with Gasteiger partial charge in [-0.25, -0.2) is 14.8 Å². The maximum atomic E-state index is 12.3. The van der Waals surface area contributed by atoms with Crippen LogP contribution in [-0.2, 0) is 4.74 Å². The van der Waals surface area contributed by atoms with Crippen LogP contribution in [-0.4, -0.2) is 52.7 Å². The lowest BCUT2D eigenvalue weighted by Crippen LogP contribution is -2.42. The number of para-hydroxylation sites is 2. The van der Waals surface area contributed by atoms with Crippen molar-refractivity contribution in [2.24, 2.45) is 0 Å². The number of carbonyl (C=O) groups excluding carboxylic acids is 1. The molecule has 134 valence electrons. The highest BCUT2D eigenvalue weighted by Crippen LogP contribution is 2.29. The minimum absolute atomic E-state index is 0.0548. The molecule has 1 aromatic carbocycles. The van der Waals surface area contributed by atoms with Gasteiger partial charge in [-0.1, -0.05) is 23.7 Å². The van der Waals surface area contributed by atoms with Gasteiger partial charge in [-0.3, -0.25) is 0 Å². The zero-order valence-corrected chi connectivity index (χ0v) is 15.7. The summed E-state index contributed by atoms with van der Waals surface area (Å²) in [5.41, 5.74) is 1.08. The fourth-order valence-corrected chi connectivity index (χ4v) is 3.16. The number of rotatable bonds is 2. The van der Waals surface area contributed by atoms with Crippen LogP contribution in [0.4, 0.5) is 10.6 Å². The minimum atomic E-state index is -0.503. The SMILES string of the molecule is CN(C(=O)OC(C)(C)C)C1CCN(c2nc3ccccc3nc2Cl)C1. The molecule has 1 fully saturated rings. The second-order valence-corrected chi connectivity index (χ2v) is 7.66. The van der Waals surface area contributed by atoms with Gasteiger partial charge >= 0.3 is 6.09 Å². The fourth-order valence-electron chi connectivity index (χ4n) is 2.90. The second kappa shape index (κ2) is 6.67. The molecule has 0 N–H and O–H groups in total. The number of nitrogens with zero attached hydrogens (tertiary/aromatic N) is 4. The Bertz CT molecular complexity index is 790. The van der Waals surface area contributed by atoms with Crippen molar-refractivity contribution in [3.63, 3.8) is 0 Å². The quantitative estimate of drug-likeness (QED) is 0.814. The number of likely N-dealkylation sites (N-methyl/N-ethyl adjacent to an activating group) is 1. The van der Waals surface area contributed by atoms with Crippen molar-refractivity contribution < 1.29 is 9.53 Å². The van der Waals surface area contributed by atoms with Crippen LogP contribution in [0, 0.1) is 0 Å². The van der Waals surface area contributed by atoms with Crippen LogP contribution in [0.3, 0.4) is 0 Å². The number of fused-ring (bicyclic) bond motifs is 1. The van der Waals surface area contributed by atoms with Gasteiger partial charge in [0.25, 0.3) is 0 Å². The summed E-state index contributed by atoms with van der Waals surface area (Å²) in [5.74, 6) is 0.667. The van der Waals surface area contributed by atoms with E-state index in [1.165, 1.54) is 0 Å². The van der Waals surface area contributed by atoms with Crippen LogP contribution in [0.15, 0.2) is 24.3 Å². The molecule has 0 radical (unpaired) electrons. The van der Waals surface area contributed by atoms with Crippen molar-refractivity contribution in [1.82, 2.24) is 14.9 Å². The lowest BCUT2D eigenvalue weighted by molar-refractivity contribution is 0.0238.